The first-order chi connectivity index (χ1) is 16.3. The number of oxazole rings is 1. The number of pyridine rings is 1. The highest BCUT2D eigenvalue weighted by Crippen LogP contribution is 2.29. The highest BCUT2D eigenvalue weighted by molar-refractivity contribution is 5.55. The second-order valence-electron chi connectivity index (χ2n) is 7.78. The minimum absolute atomic E-state index is 0.288. The van der Waals surface area contributed by atoms with Crippen LogP contribution in [-0.4, -0.2) is 41.0 Å². The first kappa shape index (κ1) is 20.8. The summed E-state index contributed by atoms with van der Waals surface area (Å²) in [6, 6.07) is 19.7. The smallest absolute Gasteiger partial charge is 0.266 e. The van der Waals surface area contributed by atoms with Gasteiger partial charge in [-0.15, -0.1) is 0 Å². The maximum Gasteiger partial charge on any atom is 0.266 e. The van der Waals surface area contributed by atoms with Crippen LogP contribution in [0.1, 0.15) is 17.0 Å². The molecule has 0 radical (unpaired) electrons. The van der Waals surface area contributed by atoms with Crippen LogP contribution in [0.15, 0.2) is 75.9 Å². The van der Waals surface area contributed by atoms with Gasteiger partial charge in [0.25, 0.3) is 5.89 Å². The Hall–Kier alpha value is -4.09. The first-order valence-electron chi connectivity index (χ1n) is 10.8. The molecule has 1 aliphatic rings. The van der Waals surface area contributed by atoms with Crippen LogP contribution in [0, 0.1) is 11.3 Å². The van der Waals surface area contributed by atoms with Crippen LogP contribution >= 0.6 is 0 Å². The topological polar surface area (TPSA) is 91.6 Å². The Labute approximate surface area is 191 Å². The monoisotopic (exact) mass is 441 g/mol. The van der Waals surface area contributed by atoms with E-state index in [0.717, 1.165) is 44.2 Å². The summed E-state index contributed by atoms with van der Waals surface area (Å²) in [5.41, 5.74) is 2.42. The van der Waals surface area contributed by atoms with Crippen molar-refractivity contribution in [2.24, 2.45) is 0 Å². The molecular formula is C25H23N5O3. The fraction of sp³-hybridized carbons (Fsp3) is 0.240. The molecule has 5 rings (SSSR count). The van der Waals surface area contributed by atoms with Gasteiger partial charge in [-0.1, -0.05) is 18.2 Å². The molecule has 0 spiro atoms. The van der Waals surface area contributed by atoms with E-state index < -0.39 is 0 Å². The molecule has 0 bridgehead atoms. The van der Waals surface area contributed by atoms with Crippen molar-refractivity contribution in [1.82, 2.24) is 14.9 Å². The fourth-order valence-electron chi connectivity index (χ4n) is 3.80. The molecule has 8 heteroatoms. The highest BCUT2D eigenvalue weighted by Gasteiger charge is 2.25. The molecule has 3 aromatic heterocycles. The summed E-state index contributed by atoms with van der Waals surface area (Å²) in [5.74, 6) is 2.19. The number of hydrogen-bond donors (Lipinski definition) is 0. The number of rotatable bonds is 7. The Kier molecular flexibility index (Phi) is 6.04. The van der Waals surface area contributed by atoms with Crippen LogP contribution in [0.3, 0.4) is 0 Å². The van der Waals surface area contributed by atoms with E-state index in [1.807, 2.05) is 30.3 Å². The average Bonchev–Trinajstić information content (AvgIpc) is 3.55. The van der Waals surface area contributed by atoms with Crippen LogP contribution in [0.2, 0.25) is 0 Å². The van der Waals surface area contributed by atoms with Crippen molar-refractivity contribution in [3.8, 4) is 23.5 Å². The summed E-state index contributed by atoms with van der Waals surface area (Å²) in [4.78, 5) is 13.0. The van der Waals surface area contributed by atoms with E-state index in [9.17, 15) is 5.26 Å². The lowest BCUT2D eigenvalue weighted by atomic mass is 10.2. The van der Waals surface area contributed by atoms with Crippen LogP contribution in [0.25, 0.3) is 11.7 Å². The van der Waals surface area contributed by atoms with Crippen molar-refractivity contribution in [3.05, 3.63) is 84.0 Å². The first-order valence-corrected chi connectivity index (χ1v) is 10.8. The summed E-state index contributed by atoms with van der Waals surface area (Å²) in [7, 11) is 0. The van der Waals surface area contributed by atoms with E-state index >= 15 is 0 Å². The van der Waals surface area contributed by atoms with Gasteiger partial charge in [0, 0.05) is 38.9 Å². The second-order valence-corrected chi connectivity index (χ2v) is 7.78. The van der Waals surface area contributed by atoms with E-state index in [2.05, 4.69) is 38.0 Å². The SMILES string of the molecule is N#Cc1nc(-c2ccco2)oc1N1CCN(Cc2ccc(OCc3ccccn3)cc2)CC1. The lowest BCUT2D eigenvalue weighted by Gasteiger charge is -2.34. The van der Waals surface area contributed by atoms with Gasteiger partial charge in [-0.05, 0) is 42.0 Å². The minimum atomic E-state index is 0.288. The van der Waals surface area contributed by atoms with Gasteiger partial charge in [0.2, 0.25) is 11.6 Å². The van der Waals surface area contributed by atoms with Gasteiger partial charge >= 0.3 is 0 Å². The van der Waals surface area contributed by atoms with E-state index in [4.69, 9.17) is 13.6 Å². The number of benzene rings is 1. The molecule has 4 heterocycles. The summed E-state index contributed by atoms with van der Waals surface area (Å²) in [6.07, 6.45) is 3.33. The van der Waals surface area contributed by atoms with Crippen molar-refractivity contribution in [1.29, 1.82) is 5.26 Å². The molecule has 1 aliphatic heterocycles. The third-order valence-electron chi connectivity index (χ3n) is 5.55. The zero-order valence-electron chi connectivity index (χ0n) is 18.1. The number of hydrogen-bond acceptors (Lipinski definition) is 8. The number of ether oxygens (including phenoxy) is 1. The molecule has 0 N–H and O–H groups in total. The van der Waals surface area contributed by atoms with Crippen molar-refractivity contribution in [2.75, 3.05) is 31.1 Å². The normalized spacial score (nSPS) is 14.2. The number of nitriles is 1. The molecule has 0 atom stereocenters. The van der Waals surface area contributed by atoms with Crippen molar-refractivity contribution >= 4 is 5.88 Å². The van der Waals surface area contributed by atoms with Crippen molar-refractivity contribution < 1.29 is 13.6 Å². The largest absolute Gasteiger partial charge is 0.487 e. The molecule has 1 fully saturated rings. The quantitative estimate of drug-likeness (QED) is 0.423. The maximum absolute atomic E-state index is 9.48. The molecule has 8 nitrogen and oxygen atoms in total. The zero-order chi connectivity index (χ0) is 22.5. The van der Waals surface area contributed by atoms with E-state index in [1.54, 1.807) is 24.6 Å². The molecule has 166 valence electrons. The average molecular weight is 441 g/mol. The van der Waals surface area contributed by atoms with Crippen LogP contribution < -0.4 is 9.64 Å². The van der Waals surface area contributed by atoms with E-state index in [0.29, 0.717) is 24.1 Å². The highest BCUT2D eigenvalue weighted by atomic mass is 16.5. The predicted octanol–water partition coefficient (Wildman–Crippen LogP) is 4.10. The summed E-state index contributed by atoms with van der Waals surface area (Å²) in [5, 5.41) is 9.48. The number of piperazine rings is 1. The zero-order valence-corrected chi connectivity index (χ0v) is 18.1. The van der Waals surface area contributed by atoms with Gasteiger partial charge in [-0.25, -0.2) is 0 Å². The number of nitrogens with zero attached hydrogens (tertiary/aromatic N) is 5. The molecule has 1 aromatic carbocycles. The Morgan fingerprint density at radius 2 is 1.85 bits per heavy atom. The molecule has 4 aromatic rings. The van der Waals surface area contributed by atoms with Gasteiger partial charge in [0.1, 0.15) is 18.4 Å². The Bertz CT molecular complexity index is 1210. The number of furan rings is 1. The van der Waals surface area contributed by atoms with Crippen LogP contribution in [0.5, 0.6) is 5.75 Å². The third kappa shape index (κ3) is 4.89. The fourth-order valence-corrected chi connectivity index (χ4v) is 3.80. The Morgan fingerprint density at radius 3 is 2.55 bits per heavy atom. The second kappa shape index (κ2) is 9.59. The van der Waals surface area contributed by atoms with Crippen molar-refractivity contribution in [2.45, 2.75) is 13.2 Å². The Morgan fingerprint density at radius 1 is 1.00 bits per heavy atom. The molecule has 0 aliphatic carbocycles. The summed E-state index contributed by atoms with van der Waals surface area (Å²) < 4.78 is 17.0. The standard InChI is InChI=1S/C25H23N5O3/c26-16-22-25(33-24(28-22)23-5-3-15-31-23)30-13-11-29(12-14-30)17-19-6-8-21(9-7-19)32-18-20-4-1-2-10-27-20/h1-10,15H,11-14,17-18H2. The lowest BCUT2D eigenvalue weighted by Crippen LogP contribution is -2.46. The van der Waals surface area contributed by atoms with Gasteiger partial charge < -0.3 is 18.5 Å². The van der Waals surface area contributed by atoms with Gasteiger partial charge in [0.15, 0.2) is 5.76 Å². The molecular weight excluding hydrogens is 418 g/mol. The third-order valence-corrected chi connectivity index (χ3v) is 5.55. The lowest BCUT2D eigenvalue weighted by molar-refractivity contribution is 0.246. The van der Waals surface area contributed by atoms with Gasteiger partial charge in [-0.2, -0.15) is 10.2 Å². The number of aromatic nitrogens is 2. The maximum atomic E-state index is 9.48. The summed E-state index contributed by atoms with van der Waals surface area (Å²) in [6.45, 7) is 4.54. The molecule has 0 unspecified atom stereocenters. The van der Waals surface area contributed by atoms with Gasteiger partial charge in [0.05, 0.1) is 12.0 Å². The predicted molar refractivity (Wildman–Crippen MR) is 121 cm³/mol. The van der Waals surface area contributed by atoms with Crippen molar-refractivity contribution in [3.63, 3.8) is 0 Å². The van der Waals surface area contributed by atoms with E-state index in [-0.39, 0.29) is 5.69 Å². The minimum Gasteiger partial charge on any atom is -0.487 e. The van der Waals surface area contributed by atoms with Crippen LogP contribution in [0.4, 0.5) is 5.88 Å². The molecule has 1 saturated heterocycles. The Balaban J connectivity index is 1.15. The van der Waals surface area contributed by atoms with E-state index in [1.165, 1.54) is 5.56 Å². The van der Waals surface area contributed by atoms with Crippen LogP contribution in [-0.2, 0) is 13.2 Å². The summed E-state index contributed by atoms with van der Waals surface area (Å²) >= 11 is 0. The molecule has 33 heavy (non-hydrogen) atoms. The number of anilines is 1. The molecule has 0 amide bonds. The molecule has 0 saturated carbocycles. The van der Waals surface area contributed by atoms with Gasteiger partial charge in [-0.3, -0.25) is 9.88 Å².